The molecule has 1 N–H and O–H groups in total. The molecule has 0 fully saturated rings. The zero-order valence-electron chi connectivity index (χ0n) is 5.62. The predicted molar refractivity (Wildman–Crippen MR) is 36.5 cm³/mol. The maximum absolute atomic E-state index is 11.6. The van der Waals surface area contributed by atoms with Gasteiger partial charge in [-0.3, -0.25) is 5.41 Å². The summed E-state index contributed by atoms with van der Waals surface area (Å²) in [6.07, 6.45) is -4.46. The lowest BCUT2D eigenvalue weighted by molar-refractivity contribution is -0.0561. The van der Waals surface area contributed by atoms with Gasteiger partial charge in [0.25, 0.3) is 0 Å². The second-order valence-corrected chi connectivity index (χ2v) is 3.58. The average molecular weight is 171 g/mol. The van der Waals surface area contributed by atoms with Crippen LogP contribution in [0.5, 0.6) is 0 Å². The fraction of sp³-hybridized carbons (Fsp3) is 0.800. The number of thioether (sulfide) groups is 1. The Bertz CT molecular complexity index is 129. The van der Waals surface area contributed by atoms with E-state index < -0.39 is 11.2 Å². The summed E-state index contributed by atoms with van der Waals surface area (Å²) in [5.74, 6) is 0. The van der Waals surface area contributed by atoms with E-state index in [1.54, 1.807) is 13.8 Å². The van der Waals surface area contributed by atoms with Crippen molar-refractivity contribution in [3.63, 3.8) is 0 Å². The summed E-state index contributed by atoms with van der Waals surface area (Å²) in [6, 6.07) is 0. The molecule has 60 valence electrons. The zero-order chi connectivity index (χ0) is 8.36. The zero-order valence-corrected chi connectivity index (χ0v) is 6.44. The number of rotatable bonds is 1. The van der Waals surface area contributed by atoms with Crippen LogP contribution in [0.2, 0.25) is 0 Å². The third kappa shape index (κ3) is 3.76. The molecule has 0 radical (unpaired) electrons. The molecular weight excluding hydrogens is 163 g/mol. The Hall–Kier alpha value is -0.190. The van der Waals surface area contributed by atoms with Gasteiger partial charge in [-0.2, -0.15) is 13.2 Å². The van der Waals surface area contributed by atoms with Crippen LogP contribution in [-0.2, 0) is 0 Å². The van der Waals surface area contributed by atoms with E-state index >= 15 is 0 Å². The molecule has 0 aliphatic carbocycles. The van der Waals surface area contributed by atoms with Crippen LogP contribution in [0.15, 0.2) is 0 Å². The highest BCUT2D eigenvalue weighted by atomic mass is 32.2. The summed E-state index contributed by atoms with van der Waals surface area (Å²) in [4.78, 5) is 0. The topological polar surface area (TPSA) is 23.9 Å². The number of hydrogen-bond acceptors (Lipinski definition) is 2. The van der Waals surface area contributed by atoms with Crippen molar-refractivity contribution in [1.29, 1.82) is 5.41 Å². The summed E-state index contributed by atoms with van der Waals surface area (Å²) in [5, 5.41) is 5.10. The number of nitrogens with one attached hydrogen (secondary N) is 1. The van der Waals surface area contributed by atoms with Crippen molar-refractivity contribution in [2.45, 2.75) is 25.3 Å². The summed E-state index contributed by atoms with van der Waals surface area (Å²) in [5.41, 5.74) is 0. The minimum absolute atomic E-state index is 0.186. The molecule has 0 unspecified atom stereocenters. The molecule has 10 heavy (non-hydrogen) atoms. The lowest BCUT2D eigenvalue weighted by Crippen LogP contribution is -2.19. The van der Waals surface area contributed by atoms with Crippen LogP contribution in [0.4, 0.5) is 13.2 Å². The summed E-state index contributed by atoms with van der Waals surface area (Å²) >= 11 is 0.520. The molecule has 0 atom stereocenters. The Labute approximate surface area is 61.5 Å². The summed E-state index contributed by atoms with van der Waals surface area (Å²) in [7, 11) is 0. The van der Waals surface area contributed by atoms with Gasteiger partial charge in [0.05, 0.1) is 0 Å². The van der Waals surface area contributed by atoms with Crippen LogP contribution in [-0.4, -0.2) is 16.5 Å². The van der Waals surface area contributed by atoms with Gasteiger partial charge in [0.15, 0.2) is 5.04 Å². The second-order valence-electron chi connectivity index (χ2n) is 1.99. The van der Waals surface area contributed by atoms with E-state index in [4.69, 9.17) is 5.41 Å². The minimum atomic E-state index is -4.46. The van der Waals surface area contributed by atoms with E-state index in [1.165, 1.54) is 0 Å². The fourth-order valence-electron chi connectivity index (χ4n) is 0.303. The van der Waals surface area contributed by atoms with Gasteiger partial charge in [-0.15, -0.1) is 0 Å². The molecule has 0 bridgehead atoms. The van der Waals surface area contributed by atoms with Gasteiger partial charge in [-0.05, 0) is 0 Å². The van der Waals surface area contributed by atoms with Crippen LogP contribution < -0.4 is 0 Å². The van der Waals surface area contributed by atoms with Crippen LogP contribution >= 0.6 is 11.8 Å². The van der Waals surface area contributed by atoms with E-state index in [1.807, 2.05) is 0 Å². The lowest BCUT2D eigenvalue weighted by Gasteiger charge is -2.08. The molecule has 1 nitrogen and oxygen atoms in total. The van der Waals surface area contributed by atoms with Crippen LogP contribution in [0.25, 0.3) is 0 Å². The van der Waals surface area contributed by atoms with Crippen LogP contribution in [0.3, 0.4) is 0 Å². The molecule has 0 heterocycles. The molecule has 0 aliphatic rings. The first-order chi connectivity index (χ1) is 4.34. The average Bonchev–Trinajstić information content (AvgIpc) is 1.60. The van der Waals surface area contributed by atoms with Crippen molar-refractivity contribution >= 4 is 16.8 Å². The Morgan fingerprint density at radius 1 is 1.40 bits per heavy atom. The quantitative estimate of drug-likeness (QED) is 0.476. The van der Waals surface area contributed by atoms with Crippen molar-refractivity contribution in [2.75, 3.05) is 0 Å². The molecule has 0 saturated carbocycles. The highest BCUT2D eigenvalue weighted by Gasteiger charge is 2.34. The van der Waals surface area contributed by atoms with Gasteiger partial charge in [0.2, 0.25) is 0 Å². The van der Waals surface area contributed by atoms with Crippen LogP contribution in [0.1, 0.15) is 13.8 Å². The molecule has 0 rings (SSSR count). The molecule has 0 aliphatic heterocycles. The second kappa shape index (κ2) is 3.27. The highest BCUT2D eigenvalue weighted by Crippen LogP contribution is 2.25. The minimum Gasteiger partial charge on any atom is -0.290 e. The Morgan fingerprint density at radius 3 is 1.90 bits per heavy atom. The smallest absolute Gasteiger partial charge is 0.290 e. The normalized spacial score (nSPS) is 12.2. The largest absolute Gasteiger partial charge is 0.438 e. The number of hydrogen-bond donors (Lipinski definition) is 1. The third-order valence-electron chi connectivity index (χ3n) is 0.611. The van der Waals surface area contributed by atoms with Gasteiger partial charge in [0, 0.05) is 5.25 Å². The summed E-state index contributed by atoms with van der Waals surface area (Å²) in [6.45, 7) is 3.23. The number of alkyl halides is 3. The number of halogens is 3. The van der Waals surface area contributed by atoms with Gasteiger partial charge >= 0.3 is 6.18 Å². The van der Waals surface area contributed by atoms with E-state index in [-0.39, 0.29) is 5.25 Å². The maximum Gasteiger partial charge on any atom is 0.438 e. The molecule has 0 amide bonds. The molecule has 0 saturated heterocycles. The maximum atomic E-state index is 11.6. The molecule has 0 aromatic carbocycles. The van der Waals surface area contributed by atoms with Crippen molar-refractivity contribution in [3.8, 4) is 0 Å². The lowest BCUT2D eigenvalue weighted by atomic mass is 10.6. The van der Waals surface area contributed by atoms with Gasteiger partial charge in [0.1, 0.15) is 0 Å². The van der Waals surface area contributed by atoms with Crippen molar-refractivity contribution < 1.29 is 13.2 Å². The first-order valence-electron chi connectivity index (χ1n) is 2.66. The van der Waals surface area contributed by atoms with Gasteiger partial charge in [-0.1, -0.05) is 25.6 Å². The fourth-order valence-corrected chi connectivity index (χ4v) is 0.908. The van der Waals surface area contributed by atoms with Crippen molar-refractivity contribution in [1.82, 2.24) is 0 Å². The van der Waals surface area contributed by atoms with Crippen LogP contribution in [0, 0.1) is 5.41 Å². The molecule has 0 spiro atoms. The summed E-state index contributed by atoms with van der Waals surface area (Å²) < 4.78 is 34.7. The van der Waals surface area contributed by atoms with Gasteiger partial charge < -0.3 is 0 Å². The Kier molecular flexibility index (Phi) is 3.21. The predicted octanol–water partition coefficient (Wildman–Crippen LogP) is 2.67. The monoisotopic (exact) mass is 171 g/mol. The van der Waals surface area contributed by atoms with Crippen molar-refractivity contribution in [3.05, 3.63) is 0 Å². The third-order valence-corrected chi connectivity index (χ3v) is 1.55. The SMILES string of the molecule is CC(C)SC(=N)C(F)(F)F. The van der Waals surface area contributed by atoms with Gasteiger partial charge in [-0.25, -0.2) is 0 Å². The molecule has 0 aromatic rings. The Morgan fingerprint density at radius 2 is 1.80 bits per heavy atom. The first kappa shape index (κ1) is 9.81. The molecular formula is C5H8F3NS. The van der Waals surface area contributed by atoms with Crippen molar-refractivity contribution in [2.24, 2.45) is 0 Å². The van der Waals surface area contributed by atoms with E-state index in [0.717, 1.165) is 0 Å². The highest BCUT2D eigenvalue weighted by molar-refractivity contribution is 8.14. The molecule has 0 aromatic heterocycles. The Balaban J connectivity index is 3.87. The van der Waals surface area contributed by atoms with E-state index in [9.17, 15) is 13.2 Å². The van der Waals surface area contributed by atoms with E-state index in [0.29, 0.717) is 11.8 Å². The van der Waals surface area contributed by atoms with E-state index in [2.05, 4.69) is 0 Å². The molecule has 5 heteroatoms. The standard InChI is InChI=1S/C5H8F3NS/c1-3(2)10-4(9)5(6,7)8/h3,9H,1-2H3. The first-order valence-corrected chi connectivity index (χ1v) is 3.54.